The molecule has 1 saturated heterocycles. The molecule has 3 rings (SSSR count). The first kappa shape index (κ1) is 19.4. The normalized spacial score (nSPS) is 23.0. The average Bonchev–Trinajstić information content (AvgIpc) is 3.41. The van der Waals surface area contributed by atoms with Crippen LogP contribution in [0.15, 0.2) is 24.3 Å². The van der Waals surface area contributed by atoms with Gasteiger partial charge < -0.3 is 20.3 Å². The second-order valence-corrected chi connectivity index (χ2v) is 7.62. The molecular formula is C20H27N3O4. The molecule has 2 N–H and O–H groups in total. The Morgan fingerprint density at radius 3 is 2.41 bits per heavy atom. The van der Waals surface area contributed by atoms with Gasteiger partial charge in [-0.2, -0.15) is 0 Å². The van der Waals surface area contributed by atoms with Gasteiger partial charge in [0.1, 0.15) is 18.7 Å². The lowest BCUT2D eigenvalue weighted by molar-refractivity contribution is -0.127. The number of ketones is 1. The molecule has 27 heavy (non-hydrogen) atoms. The number of benzene rings is 1. The summed E-state index contributed by atoms with van der Waals surface area (Å²) in [6.07, 6.45) is 2.37. The molecule has 1 heterocycles. The number of rotatable bonds is 7. The fourth-order valence-corrected chi connectivity index (χ4v) is 3.18. The number of nitrogens with zero attached hydrogens (tertiary/aromatic N) is 1. The average molecular weight is 373 g/mol. The van der Waals surface area contributed by atoms with Crippen molar-refractivity contribution in [1.82, 2.24) is 10.6 Å². The van der Waals surface area contributed by atoms with Crippen LogP contribution in [0.25, 0.3) is 0 Å². The van der Waals surface area contributed by atoms with E-state index in [1.165, 1.54) is 0 Å². The lowest BCUT2D eigenvalue weighted by Crippen LogP contribution is -2.53. The third-order valence-electron chi connectivity index (χ3n) is 5.14. The topological polar surface area (TPSA) is 87.7 Å². The molecule has 0 spiro atoms. The standard InChI is InChI=1S/C20H27N3O4/c1-12-18(17(24)11-27-12)22-20(26)16(10-13-4-5-13)21-19(25)14-6-8-15(9-7-14)23(2)3/h6-9,12-13,16,18H,4-5,10-11H2,1-3H3,(H,21,25)(H,22,26)/t12-,16+,18+/m1/s1. The van der Waals surface area contributed by atoms with E-state index in [0.29, 0.717) is 17.9 Å². The summed E-state index contributed by atoms with van der Waals surface area (Å²) in [6, 6.07) is 5.91. The molecule has 7 heteroatoms. The van der Waals surface area contributed by atoms with E-state index < -0.39 is 12.1 Å². The van der Waals surface area contributed by atoms with Gasteiger partial charge in [-0.1, -0.05) is 12.8 Å². The molecule has 1 aromatic carbocycles. The fraction of sp³-hybridized carbons (Fsp3) is 0.550. The molecule has 0 unspecified atom stereocenters. The van der Waals surface area contributed by atoms with Gasteiger partial charge in [0, 0.05) is 25.3 Å². The first-order valence-electron chi connectivity index (χ1n) is 9.38. The highest BCUT2D eigenvalue weighted by atomic mass is 16.5. The number of hydrogen-bond acceptors (Lipinski definition) is 5. The Balaban J connectivity index is 1.65. The molecule has 2 amide bonds. The Morgan fingerprint density at radius 2 is 1.89 bits per heavy atom. The highest BCUT2D eigenvalue weighted by Crippen LogP contribution is 2.33. The summed E-state index contributed by atoms with van der Waals surface area (Å²) < 4.78 is 5.28. The zero-order valence-corrected chi connectivity index (χ0v) is 16.0. The summed E-state index contributed by atoms with van der Waals surface area (Å²) in [4.78, 5) is 39.2. The minimum Gasteiger partial charge on any atom is -0.378 e. The van der Waals surface area contributed by atoms with Crippen LogP contribution in [0.4, 0.5) is 5.69 Å². The molecule has 0 aromatic heterocycles. The molecule has 1 aromatic rings. The van der Waals surface area contributed by atoms with Crippen molar-refractivity contribution < 1.29 is 19.1 Å². The first-order chi connectivity index (χ1) is 12.8. The lowest BCUT2D eigenvalue weighted by atomic mass is 10.1. The maximum atomic E-state index is 12.7. The van der Waals surface area contributed by atoms with Gasteiger partial charge in [0.15, 0.2) is 5.78 Å². The van der Waals surface area contributed by atoms with Gasteiger partial charge in [0.05, 0.1) is 6.10 Å². The van der Waals surface area contributed by atoms with E-state index in [2.05, 4.69) is 10.6 Å². The van der Waals surface area contributed by atoms with E-state index in [0.717, 1.165) is 18.5 Å². The number of anilines is 1. The number of carbonyl (C=O) groups is 3. The summed E-state index contributed by atoms with van der Waals surface area (Å²) in [5, 5.41) is 5.60. The van der Waals surface area contributed by atoms with Gasteiger partial charge in [0.25, 0.3) is 5.91 Å². The highest BCUT2D eigenvalue weighted by Gasteiger charge is 2.37. The van der Waals surface area contributed by atoms with Crippen molar-refractivity contribution in [3.63, 3.8) is 0 Å². The maximum Gasteiger partial charge on any atom is 0.251 e. The van der Waals surface area contributed by atoms with E-state index in [9.17, 15) is 14.4 Å². The number of Topliss-reactive ketones (excluding diaryl/α,β-unsaturated/α-hetero) is 1. The van der Waals surface area contributed by atoms with Gasteiger partial charge in [0.2, 0.25) is 5.91 Å². The van der Waals surface area contributed by atoms with Crippen LogP contribution >= 0.6 is 0 Å². The molecule has 1 aliphatic carbocycles. The van der Waals surface area contributed by atoms with Gasteiger partial charge in [-0.05, 0) is 43.5 Å². The molecule has 2 fully saturated rings. The second kappa shape index (κ2) is 8.08. The van der Waals surface area contributed by atoms with Gasteiger partial charge in [-0.3, -0.25) is 14.4 Å². The van der Waals surface area contributed by atoms with Crippen molar-refractivity contribution >= 4 is 23.3 Å². The van der Waals surface area contributed by atoms with Crippen molar-refractivity contribution in [3.8, 4) is 0 Å². The van der Waals surface area contributed by atoms with E-state index >= 15 is 0 Å². The second-order valence-electron chi connectivity index (χ2n) is 7.62. The van der Waals surface area contributed by atoms with Crippen LogP contribution in [0, 0.1) is 5.92 Å². The molecule has 1 aliphatic heterocycles. The van der Waals surface area contributed by atoms with E-state index in [1.54, 1.807) is 19.1 Å². The van der Waals surface area contributed by atoms with Crippen molar-refractivity contribution in [2.45, 2.75) is 44.4 Å². The fourth-order valence-electron chi connectivity index (χ4n) is 3.18. The molecule has 0 radical (unpaired) electrons. The van der Waals surface area contributed by atoms with E-state index in [-0.39, 0.29) is 30.3 Å². The molecule has 1 saturated carbocycles. The van der Waals surface area contributed by atoms with Gasteiger partial charge >= 0.3 is 0 Å². The largest absolute Gasteiger partial charge is 0.378 e. The predicted molar refractivity (Wildman–Crippen MR) is 102 cm³/mol. The van der Waals surface area contributed by atoms with Crippen molar-refractivity contribution in [1.29, 1.82) is 0 Å². The third-order valence-corrected chi connectivity index (χ3v) is 5.14. The van der Waals surface area contributed by atoms with Gasteiger partial charge in [-0.15, -0.1) is 0 Å². The first-order valence-corrected chi connectivity index (χ1v) is 9.38. The summed E-state index contributed by atoms with van der Waals surface area (Å²) in [5.74, 6) is -0.296. The number of ether oxygens (including phenoxy) is 1. The number of hydrogen-bond donors (Lipinski definition) is 2. The van der Waals surface area contributed by atoms with E-state index in [4.69, 9.17) is 4.74 Å². The summed E-state index contributed by atoms with van der Waals surface area (Å²) >= 11 is 0. The van der Waals surface area contributed by atoms with Gasteiger partial charge in [-0.25, -0.2) is 0 Å². The summed E-state index contributed by atoms with van der Waals surface area (Å²) in [5.41, 5.74) is 1.50. The van der Waals surface area contributed by atoms with Crippen LogP contribution in [0.5, 0.6) is 0 Å². The predicted octanol–water partition coefficient (Wildman–Crippen LogP) is 1.12. The molecule has 2 aliphatic rings. The smallest absolute Gasteiger partial charge is 0.251 e. The number of nitrogens with one attached hydrogen (secondary N) is 2. The number of amides is 2. The Labute approximate surface area is 159 Å². The van der Waals surface area contributed by atoms with Crippen LogP contribution in [0.1, 0.15) is 36.5 Å². The minimum absolute atomic E-state index is 0.0178. The minimum atomic E-state index is -0.654. The SMILES string of the molecule is C[C@H]1OCC(=O)[C@H]1NC(=O)[C@H](CC1CC1)NC(=O)c1ccc(N(C)C)cc1. The monoisotopic (exact) mass is 373 g/mol. The summed E-state index contributed by atoms with van der Waals surface area (Å²) in [7, 11) is 3.86. The van der Waals surface area contributed by atoms with Crippen LogP contribution in [-0.2, 0) is 14.3 Å². The van der Waals surface area contributed by atoms with Crippen molar-refractivity contribution in [3.05, 3.63) is 29.8 Å². The Bertz CT molecular complexity index is 712. The zero-order chi connectivity index (χ0) is 19.6. The van der Waals surface area contributed by atoms with Crippen LogP contribution in [0.3, 0.4) is 0 Å². The third kappa shape index (κ3) is 4.86. The van der Waals surface area contributed by atoms with Crippen LogP contribution < -0.4 is 15.5 Å². The molecular weight excluding hydrogens is 346 g/mol. The highest BCUT2D eigenvalue weighted by molar-refractivity contribution is 5.99. The van der Waals surface area contributed by atoms with Crippen LogP contribution in [-0.4, -0.2) is 56.5 Å². The number of carbonyl (C=O) groups excluding carboxylic acids is 3. The molecule has 0 bridgehead atoms. The molecule has 7 nitrogen and oxygen atoms in total. The molecule has 3 atom stereocenters. The van der Waals surface area contributed by atoms with E-state index in [1.807, 2.05) is 31.1 Å². The van der Waals surface area contributed by atoms with Crippen molar-refractivity contribution in [2.75, 3.05) is 25.6 Å². The molecule has 146 valence electrons. The lowest BCUT2D eigenvalue weighted by Gasteiger charge is -2.22. The Hall–Kier alpha value is -2.41. The quantitative estimate of drug-likeness (QED) is 0.748. The van der Waals surface area contributed by atoms with Crippen LogP contribution in [0.2, 0.25) is 0 Å². The Morgan fingerprint density at radius 1 is 1.22 bits per heavy atom. The zero-order valence-electron chi connectivity index (χ0n) is 16.0. The van der Waals surface area contributed by atoms with Crippen molar-refractivity contribution in [2.24, 2.45) is 5.92 Å². The maximum absolute atomic E-state index is 12.7. The Kier molecular flexibility index (Phi) is 5.79. The summed E-state index contributed by atoms with van der Waals surface area (Å²) in [6.45, 7) is 1.78.